The van der Waals surface area contributed by atoms with Crippen LogP contribution in [0.2, 0.25) is 0 Å². The first-order valence-electron chi connectivity index (χ1n) is 10.5. The molecule has 2 rings (SSSR count). The van der Waals surface area contributed by atoms with Crippen LogP contribution in [0.1, 0.15) is 19.4 Å². The van der Waals surface area contributed by atoms with Gasteiger partial charge in [0.05, 0.1) is 0 Å². The molecule has 1 fully saturated rings. The summed E-state index contributed by atoms with van der Waals surface area (Å²) < 4.78 is 41.3. The van der Waals surface area contributed by atoms with Crippen molar-refractivity contribution in [3.05, 3.63) is 29.8 Å². The number of ether oxygens (including phenoxy) is 1. The van der Waals surface area contributed by atoms with E-state index in [9.17, 15) is 13.2 Å². The number of rotatable bonds is 9. The fraction of sp³-hybridized carbons (Fsp3) is 0.667. The molecule has 0 aromatic heterocycles. The van der Waals surface area contributed by atoms with Gasteiger partial charge in [0.25, 0.3) is 0 Å². The van der Waals surface area contributed by atoms with Crippen molar-refractivity contribution < 1.29 is 17.9 Å². The first-order chi connectivity index (χ1) is 14.3. The summed E-state index contributed by atoms with van der Waals surface area (Å²) in [6.45, 7) is 11.2. The van der Waals surface area contributed by atoms with Gasteiger partial charge in [0.15, 0.2) is 12.6 Å². The van der Waals surface area contributed by atoms with Gasteiger partial charge in [0.1, 0.15) is 5.75 Å². The number of hydrogen-bond acceptors (Lipinski definition) is 4. The van der Waals surface area contributed by atoms with Gasteiger partial charge >= 0.3 is 6.18 Å². The molecule has 0 radical (unpaired) electrons. The Labute approximate surface area is 200 Å². The van der Waals surface area contributed by atoms with Gasteiger partial charge in [-0.15, -0.1) is 24.0 Å². The van der Waals surface area contributed by atoms with E-state index < -0.39 is 12.8 Å². The van der Waals surface area contributed by atoms with Crippen molar-refractivity contribution in [3.8, 4) is 5.75 Å². The Morgan fingerprint density at radius 2 is 1.71 bits per heavy atom. The van der Waals surface area contributed by atoms with Gasteiger partial charge < -0.3 is 25.2 Å². The van der Waals surface area contributed by atoms with Gasteiger partial charge in [0, 0.05) is 52.9 Å². The number of alkyl halides is 3. The maximum Gasteiger partial charge on any atom is 0.422 e. The van der Waals surface area contributed by atoms with E-state index in [1.807, 2.05) is 0 Å². The zero-order valence-electron chi connectivity index (χ0n) is 18.5. The number of benzene rings is 1. The summed E-state index contributed by atoms with van der Waals surface area (Å²) in [5.74, 6) is 1.39. The van der Waals surface area contributed by atoms with Crippen LogP contribution in [0.4, 0.5) is 13.2 Å². The topological polar surface area (TPSA) is 52.1 Å². The molecular formula is C21H35F3IN5O. The molecule has 6 nitrogen and oxygen atoms in total. The van der Waals surface area contributed by atoms with E-state index in [4.69, 9.17) is 4.74 Å². The molecule has 178 valence electrons. The zero-order valence-corrected chi connectivity index (χ0v) is 20.9. The molecule has 1 aliphatic rings. The smallest absolute Gasteiger partial charge is 0.422 e. The summed E-state index contributed by atoms with van der Waals surface area (Å²) in [4.78, 5) is 9.22. The van der Waals surface area contributed by atoms with Crippen molar-refractivity contribution in [1.29, 1.82) is 0 Å². The van der Waals surface area contributed by atoms with Gasteiger partial charge in [-0.05, 0) is 30.2 Å². The second kappa shape index (κ2) is 14.0. The Hall–Kier alpha value is -1.27. The second-order valence-electron chi connectivity index (χ2n) is 7.69. The molecule has 1 aromatic rings. The number of nitrogens with one attached hydrogen (secondary N) is 2. The maximum atomic E-state index is 12.2. The standard InChI is InChI=1S/C21H34F3N5O.HI/c1-4-28-9-11-29(12-10-28)15-17(2)13-26-20(25-3)27-14-18-5-7-19(8-6-18)30-16-21(22,23)24;/h5-8,17H,4,9-16H2,1-3H3,(H2,25,26,27);1H. The first kappa shape index (κ1) is 27.8. The van der Waals surface area contributed by atoms with Crippen LogP contribution >= 0.6 is 24.0 Å². The lowest BCUT2D eigenvalue weighted by Gasteiger charge is -2.35. The summed E-state index contributed by atoms with van der Waals surface area (Å²) in [6.07, 6.45) is -4.33. The van der Waals surface area contributed by atoms with Crippen LogP contribution in [-0.2, 0) is 6.54 Å². The number of likely N-dealkylation sites (N-methyl/N-ethyl adjacent to an activating group) is 1. The third-order valence-electron chi connectivity index (χ3n) is 5.11. The molecular weight excluding hydrogens is 522 g/mol. The highest BCUT2D eigenvalue weighted by molar-refractivity contribution is 14.0. The monoisotopic (exact) mass is 557 g/mol. The Morgan fingerprint density at radius 3 is 2.26 bits per heavy atom. The molecule has 0 saturated carbocycles. The number of halogens is 4. The minimum Gasteiger partial charge on any atom is -0.484 e. The lowest BCUT2D eigenvalue weighted by atomic mass is 10.1. The third-order valence-corrected chi connectivity index (χ3v) is 5.11. The van der Waals surface area contributed by atoms with Gasteiger partial charge in [-0.1, -0.05) is 26.0 Å². The van der Waals surface area contributed by atoms with E-state index in [1.165, 1.54) is 0 Å². The van der Waals surface area contributed by atoms with Gasteiger partial charge in [-0.25, -0.2) is 0 Å². The van der Waals surface area contributed by atoms with Gasteiger partial charge in [-0.3, -0.25) is 4.99 Å². The summed E-state index contributed by atoms with van der Waals surface area (Å²) in [5, 5.41) is 6.58. The summed E-state index contributed by atoms with van der Waals surface area (Å²) in [6, 6.07) is 6.56. The van der Waals surface area contributed by atoms with Crippen molar-refractivity contribution >= 4 is 29.9 Å². The minimum atomic E-state index is -4.33. The molecule has 1 aromatic carbocycles. The predicted molar refractivity (Wildman–Crippen MR) is 129 cm³/mol. The Balaban J connectivity index is 0.00000480. The van der Waals surface area contributed by atoms with Crippen molar-refractivity contribution in [2.24, 2.45) is 10.9 Å². The van der Waals surface area contributed by atoms with E-state index in [-0.39, 0.29) is 29.7 Å². The Kier molecular flexibility index (Phi) is 12.5. The van der Waals surface area contributed by atoms with E-state index in [2.05, 4.69) is 39.3 Å². The molecule has 1 saturated heterocycles. The lowest BCUT2D eigenvalue weighted by molar-refractivity contribution is -0.153. The van der Waals surface area contributed by atoms with Gasteiger partial charge in [-0.2, -0.15) is 13.2 Å². The molecule has 2 N–H and O–H groups in total. The average Bonchev–Trinajstić information content (AvgIpc) is 2.73. The zero-order chi connectivity index (χ0) is 22.0. The quantitative estimate of drug-likeness (QED) is 0.278. The highest BCUT2D eigenvalue weighted by Crippen LogP contribution is 2.18. The molecule has 0 aliphatic carbocycles. The van der Waals surface area contributed by atoms with Crippen LogP contribution in [0.15, 0.2) is 29.3 Å². The van der Waals surface area contributed by atoms with Crippen LogP contribution in [0, 0.1) is 5.92 Å². The second-order valence-corrected chi connectivity index (χ2v) is 7.69. The molecule has 0 spiro atoms. The lowest BCUT2D eigenvalue weighted by Crippen LogP contribution is -2.48. The van der Waals surface area contributed by atoms with Crippen molar-refractivity contribution in [2.45, 2.75) is 26.6 Å². The Morgan fingerprint density at radius 1 is 1.10 bits per heavy atom. The summed E-state index contributed by atoms with van der Waals surface area (Å²) in [7, 11) is 1.72. The number of aliphatic imine (C=N–C) groups is 1. The van der Waals surface area contributed by atoms with Gasteiger partial charge in [0.2, 0.25) is 0 Å². The van der Waals surface area contributed by atoms with Crippen LogP contribution in [0.25, 0.3) is 0 Å². The largest absolute Gasteiger partial charge is 0.484 e. The van der Waals surface area contributed by atoms with Crippen LogP contribution in [-0.4, -0.2) is 81.4 Å². The van der Waals surface area contributed by atoms with E-state index in [0.717, 1.165) is 51.4 Å². The number of nitrogens with zero attached hydrogens (tertiary/aromatic N) is 3. The maximum absolute atomic E-state index is 12.2. The number of hydrogen-bond donors (Lipinski definition) is 2. The molecule has 1 atom stereocenters. The van der Waals surface area contributed by atoms with Crippen molar-refractivity contribution in [3.63, 3.8) is 0 Å². The molecule has 31 heavy (non-hydrogen) atoms. The molecule has 0 amide bonds. The summed E-state index contributed by atoms with van der Waals surface area (Å²) in [5.41, 5.74) is 0.930. The molecule has 1 unspecified atom stereocenters. The van der Waals surface area contributed by atoms with E-state index in [1.54, 1.807) is 31.3 Å². The molecule has 1 heterocycles. The van der Waals surface area contributed by atoms with Crippen LogP contribution in [0.5, 0.6) is 5.75 Å². The fourth-order valence-electron chi connectivity index (χ4n) is 3.34. The number of guanidine groups is 1. The molecule has 0 bridgehead atoms. The molecule has 1 aliphatic heterocycles. The highest BCUT2D eigenvalue weighted by atomic mass is 127. The molecule has 10 heteroatoms. The Bertz CT molecular complexity index is 649. The first-order valence-corrected chi connectivity index (χ1v) is 10.5. The summed E-state index contributed by atoms with van der Waals surface area (Å²) >= 11 is 0. The van der Waals surface area contributed by atoms with E-state index in [0.29, 0.717) is 18.4 Å². The van der Waals surface area contributed by atoms with Crippen molar-refractivity contribution in [1.82, 2.24) is 20.4 Å². The van der Waals surface area contributed by atoms with Crippen LogP contribution in [0.3, 0.4) is 0 Å². The SMILES string of the molecule is CCN1CCN(CC(C)CNC(=NC)NCc2ccc(OCC(F)(F)F)cc2)CC1.I. The number of piperazine rings is 1. The van der Waals surface area contributed by atoms with Crippen LogP contribution < -0.4 is 15.4 Å². The minimum absolute atomic E-state index is 0. The van der Waals surface area contributed by atoms with E-state index >= 15 is 0 Å². The third kappa shape index (κ3) is 11.2. The van der Waals surface area contributed by atoms with Crippen molar-refractivity contribution in [2.75, 3.05) is 59.5 Å². The fourth-order valence-corrected chi connectivity index (χ4v) is 3.34. The normalized spacial score (nSPS) is 17.0. The highest BCUT2D eigenvalue weighted by Gasteiger charge is 2.28. The average molecular weight is 557 g/mol. The predicted octanol–water partition coefficient (Wildman–Crippen LogP) is 3.18.